The number of rotatable bonds is 8. The minimum Gasteiger partial charge on any atom is -0.408 e. The molecule has 0 N–H and O–H groups in total. The van der Waals surface area contributed by atoms with E-state index in [0.717, 1.165) is 11.9 Å². The molecule has 0 aliphatic rings. The van der Waals surface area contributed by atoms with E-state index >= 15 is 0 Å². The highest BCUT2D eigenvalue weighted by molar-refractivity contribution is 6.65. The van der Waals surface area contributed by atoms with Crippen LogP contribution in [0.3, 0.4) is 0 Å². The number of hydrogen-bond acceptors (Lipinski definition) is 2. The van der Waals surface area contributed by atoms with Crippen LogP contribution in [0, 0.1) is 0 Å². The van der Waals surface area contributed by atoms with Crippen molar-refractivity contribution in [3.8, 4) is 22.3 Å². The van der Waals surface area contributed by atoms with Gasteiger partial charge in [-0.05, 0) is 93.3 Å². The summed E-state index contributed by atoms with van der Waals surface area (Å²) in [5, 5.41) is 7.53. The minimum atomic E-state index is -0.415. The van der Waals surface area contributed by atoms with Crippen molar-refractivity contribution in [2.24, 2.45) is 0 Å². The summed E-state index contributed by atoms with van der Waals surface area (Å²) in [6, 6.07) is 37.4. The highest BCUT2D eigenvalue weighted by Gasteiger charge is 2.31. The Kier molecular flexibility index (Phi) is 6.43. The third-order valence-electron chi connectivity index (χ3n) is 7.83. The predicted octanol–water partition coefficient (Wildman–Crippen LogP) is 8.85. The van der Waals surface area contributed by atoms with E-state index in [1.165, 1.54) is 54.6 Å². The third-order valence-corrected chi connectivity index (χ3v) is 7.83. The summed E-state index contributed by atoms with van der Waals surface area (Å²) in [7, 11) is -0.415. The molecule has 0 aliphatic heterocycles. The van der Waals surface area contributed by atoms with Crippen LogP contribution in [0.5, 0.6) is 0 Å². The smallest absolute Gasteiger partial charge is 0.408 e. The quantitative estimate of drug-likeness (QED) is 0.155. The van der Waals surface area contributed by atoms with E-state index in [2.05, 4.69) is 124 Å². The van der Waals surface area contributed by atoms with Gasteiger partial charge in [-0.2, -0.15) is 0 Å². The van der Waals surface area contributed by atoms with E-state index in [1.54, 1.807) is 0 Å². The largest absolute Gasteiger partial charge is 0.494 e. The van der Waals surface area contributed by atoms with Crippen molar-refractivity contribution in [1.29, 1.82) is 0 Å². The molecule has 6 rings (SSSR count). The van der Waals surface area contributed by atoms with Gasteiger partial charge in [0.25, 0.3) is 0 Å². The first kappa shape index (κ1) is 24.7. The lowest BCUT2D eigenvalue weighted by atomic mass is 9.73. The second kappa shape index (κ2) is 9.91. The van der Waals surface area contributed by atoms with Crippen molar-refractivity contribution in [3.05, 3.63) is 103 Å². The van der Waals surface area contributed by atoms with Gasteiger partial charge in [-0.25, -0.2) is 0 Å². The summed E-state index contributed by atoms with van der Waals surface area (Å²) >= 11 is 0. The molecule has 0 radical (unpaired) electrons. The van der Waals surface area contributed by atoms with E-state index in [0.29, 0.717) is 6.61 Å². The SMILES string of the molecule is CCOB(OC(C)(C)CC)c1ccc2ccc3c(-c4cccc(-c5ccccc5)c4)ccc4ccc1c2c43. The summed E-state index contributed by atoms with van der Waals surface area (Å²) in [6.45, 7) is 9.03. The summed E-state index contributed by atoms with van der Waals surface area (Å²) in [4.78, 5) is 0. The zero-order valence-corrected chi connectivity index (χ0v) is 22.6. The van der Waals surface area contributed by atoms with Crippen LogP contribution in [-0.2, 0) is 9.31 Å². The molecule has 0 aromatic heterocycles. The average molecular weight is 496 g/mol. The molecule has 0 aliphatic carbocycles. The maximum atomic E-state index is 6.53. The van der Waals surface area contributed by atoms with Gasteiger partial charge in [0.05, 0.1) is 0 Å². The molecule has 6 aromatic rings. The molecule has 6 aromatic carbocycles. The second-order valence-electron chi connectivity index (χ2n) is 10.7. The van der Waals surface area contributed by atoms with E-state index in [4.69, 9.17) is 9.31 Å². The average Bonchev–Trinajstić information content (AvgIpc) is 2.96. The van der Waals surface area contributed by atoms with Gasteiger partial charge in [0.1, 0.15) is 0 Å². The Morgan fingerprint density at radius 2 is 1.26 bits per heavy atom. The van der Waals surface area contributed by atoms with Gasteiger partial charge in [-0.3, -0.25) is 0 Å². The molecule has 2 nitrogen and oxygen atoms in total. The first-order chi connectivity index (χ1) is 18.5. The normalized spacial score (nSPS) is 12.1. The molecular formula is C35H33BO2. The van der Waals surface area contributed by atoms with Gasteiger partial charge in [0.15, 0.2) is 0 Å². The van der Waals surface area contributed by atoms with E-state index in [9.17, 15) is 0 Å². The molecule has 3 heteroatoms. The van der Waals surface area contributed by atoms with Crippen LogP contribution >= 0.6 is 0 Å². The Morgan fingerprint density at radius 1 is 0.632 bits per heavy atom. The molecule has 0 atom stereocenters. The lowest BCUT2D eigenvalue weighted by Crippen LogP contribution is -2.44. The molecule has 188 valence electrons. The van der Waals surface area contributed by atoms with Crippen LogP contribution in [0.2, 0.25) is 0 Å². The molecule has 0 heterocycles. The van der Waals surface area contributed by atoms with Crippen molar-refractivity contribution >= 4 is 44.9 Å². The van der Waals surface area contributed by atoms with Crippen LogP contribution in [-0.4, -0.2) is 19.3 Å². The van der Waals surface area contributed by atoms with Crippen molar-refractivity contribution in [2.45, 2.75) is 39.7 Å². The molecule has 0 saturated carbocycles. The summed E-state index contributed by atoms with van der Waals surface area (Å²) in [5.41, 5.74) is 5.75. The Labute approximate surface area is 225 Å². The van der Waals surface area contributed by atoms with E-state index in [-0.39, 0.29) is 5.60 Å². The molecule has 38 heavy (non-hydrogen) atoms. The van der Waals surface area contributed by atoms with Crippen LogP contribution in [0.4, 0.5) is 0 Å². The molecular weight excluding hydrogens is 463 g/mol. The Hall–Kier alpha value is -3.66. The molecule has 0 fully saturated rings. The number of benzene rings is 6. The van der Waals surface area contributed by atoms with Gasteiger partial charge < -0.3 is 9.31 Å². The summed E-state index contributed by atoms with van der Waals surface area (Å²) in [5.74, 6) is 0. The van der Waals surface area contributed by atoms with Crippen molar-refractivity contribution in [3.63, 3.8) is 0 Å². The topological polar surface area (TPSA) is 18.5 Å². The fraction of sp³-hybridized carbons (Fsp3) is 0.200. The number of hydrogen-bond donors (Lipinski definition) is 0. The summed E-state index contributed by atoms with van der Waals surface area (Å²) in [6.07, 6.45) is 0.911. The van der Waals surface area contributed by atoms with Gasteiger partial charge in [0.2, 0.25) is 0 Å². The Balaban J connectivity index is 1.55. The fourth-order valence-electron chi connectivity index (χ4n) is 5.49. The van der Waals surface area contributed by atoms with Crippen LogP contribution in [0.15, 0.2) is 103 Å². The lowest BCUT2D eigenvalue weighted by Gasteiger charge is -2.29. The highest BCUT2D eigenvalue weighted by Crippen LogP contribution is 2.39. The molecule has 0 unspecified atom stereocenters. The maximum absolute atomic E-state index is 6.53. The van der Waals surface area contributed by atoms with Crippen LogP contribution in [0.1, 0.15) is 34.1 Å². The molecule has 0 bridgehead atoms. The second-order valence-corrected chi connectivity index (χ2v) is 10.7. The first-order valence-corrected chi connectivity index (χ1v) is 13.6. The minimum absolute atomic E-state index is 0.277. The fourth-order valence-corrected chi connectivity index (χ4v) is 5.49. The molecule has 0 amide bonds. The van der Waals surface area contributed by atoms with Crippen LogP contribution in [0.25, 0.3) is 54.6 Å². The van der Waals surface area contributed by atoms with Gasteiger partial charge in [0, 0.05) is 12.2 Å². The first-order valence-electron chi connectivity index (χ1n) is 13.6. The van der Waals surface area contributed by atoms with Crippen molar-refractivity contribution < 1.29 is 9.31 Å². The lowest BCUT2D eigenvalue weighted by molar-refractivity contribution is 0.0707. The third kappa shape index (κ3) is 4.36. The van der Waals surface area contributed by atoms with Gasteiger partial charge in [-0.1, -0.05) is 104 Å². The predicted molar refractivity (Wildman–Crippen MR) is 163 cm³/mol. The zero-order chi connectivity index (χ0) is 26.3. The van der Waals surface area contributed by atoms with Crippen molar-refractivity contribution in [2.75, 3.05) is 6.61 Å². The monoisotopic (exact) mass is 496 g/mol. The van der Waals surface area contributed by atoms with Gasteiger partial charge in [-0.15, -0.1) is 0 Å². The Bertz CT molecular complexity index is 1720. The zero-order valence-electron chi connectivity index (χ0n) is 22.6. The van der Waals surface area contributed by atoms with Crippen LogP contribution < -0.4 is 5.46 Å². The highest BCUT2D eigenvalue weighted by atomic mass is 16.6. The van der Waals surface area contributed by atoms with E-state index in [1.807, 2.05) is 6.92 Å². The molecule has 0 saturated heterocycles. The molecule has 0 spiro atoms. The van der Waals surface area contributed by atoms with E-state index < -0.39 is 7.12 Å². The Morgan fingerprint density at radius 3 is 2.00 bits per heavy atom. The maximum Gasteiger partial charge on any atom is 0.494 e. The summed E-state index contributed by atoms with van der Waals surface area (Å²) < 4.78 is 12.7. The van der Waals surface area contributed by atoms with Gasteiger partial charge >= 0.3 is 7.12 Å². The standard InChI is InChI=1S/C35H33BO2/c1-5-35(3,4)38-36(37-6-2)32-22-18-26-16-20-30-29(19-15-25-17-21-31(32)34(26)33(25)30)28-14-10-13-27(23-28)24-11-8-7-9-12-24/h7-23H,5-6H2,1-4H3. The van der Waals surface area contributed by atoms with Crippen molar-refractivity contribution in [1.82, 2.24) is 0 Å².